The summed E-state index contributed by atoms with van der Waals surface area (Å²) in [5, 5.41) is 0. The lowest BCUT2D eigenvalue weighted by atomic mass is 10.0. The summed E-state index contributed by atoms with van der Waals surface area (Å²) in [6, 6.07) is 8.24. The molecular formula is C13H20O2. The fourth-order valence-corrected chi connectivity index (χ4v) is 1.33. The first-order valence-electron chi connectivity index (χ1n) is 5.54. The average Bonchev–Trinajstić information content (AvgIpc) is 2.25. The molecule has 0 saturated carbocycles. The lowest BCUT2D eigenvalue weighted by Gasteiger charge is -2.09. The van der Waals surface area contributed by atoms with Crippen LogP contribution in [0.4, 0.5) is 0 Å². The molecule has 0 amide bonds. The van der Waals surface area contributed by atoms with E-state index in [2.05, 4.69) is 26.0 Å². The Labute approximate surface area is 92.2 Å². The molecule has 0 aliphatic heterocycles. The van der Waals surface area contributed by atoms with E-state index in [9.17, 15) is 0 Å². The Hall–Kier alpha value is -1.02. The molecule has 15 heavy (non-hydrogen) atoms. The van der Waals surface area contributed by atoms with Gasteiger partial charge in [-0.25, -0.2) is 0 Å². The van der Waals surface area contributed by atoms with Crippen molar-refractivity contribution in [2.45, 2.75) is 26.7 Å². The van der Waals surface area contributed by atoms with Crippen LogP contribution >= 0.6 is 0 Å². The first kappa shape index (κ1) is 12.1. The fourth-order valence-electron chi connectivity index (χ4n) is 1.33. The minimum Gasteiger partial charge on any atom is -0.491 e. The van der Waals surface area contributed by atoms with E-state index in [1.165, 1.54) is 5.56 Å². The van der Waals surface area contributed by atoms with Crippen molar-refractivity contribution in [1.29, 1.82) is 0 Å². The van der Waals surface area contributed by atoms with Crippen LogP contribution in [0.25, 0.3) is 0 Å². The minimum atomic E-state index is 0.542. The zero-order valence-electron chi connectivity index (χ0n) is 9.82. The standard InChI is InChI=1S/C13H20O2/c1-4-14-8-9-15-13-7-5-6-12(10-13)11(2)3/h5-7,10-11H,4,8-9H2,1-3H3. The van der Waals surface area contributed by atoms with Gasteiger partial charge in [0.1, 0.15) is 12.4 Å². The van der Waals surface area contributed by atoms with Crippen molar-refractivity contribution in [2.75, 3.05) is 19.8 Å². The zero-order chi connectivity index (χ0) is 11.1. The molecule has 0 atom stereocenters. The Morgan fingerprint density at radius 1 is 1.20 bits per heavy atom. The molecule has 0 unspecified atom stereocenters. The van der Waals surface area contributed by atoms with E-state index in [-0.39, 0.29) is 0 Å². The third-order valence-electron chi connectivity index (χ3n) is 2.23. The van der Waals surface area contributed by atoms with E-state index in [4.69, 9.17) is 9.47 Å². The topological polar surface area (TPSA) is 18.5 Å². The van der Waals surface area contributed by atoms with Gasteiger partial charge in [0.2, 0.25) is 0 Å². The van der Waals surface area contributed by atoms with Crippen molar-refractivity contribution in [3.05, 3.63) is 29.8 Å². The quantitative estimate of drug-likeness (QED) is 0.668. The Kier molecular flexibility index (Phi) is 5.19. The summed E-state index contributed by atoms with van der Waals surface area (Å²) in [4.78, 5) is 0. The van der Waals surface area contributed by atoms with Crippen LogP contribution in [0.15, 0.2) is 24.3 Å². The van der Waals surface area contributed by atoms with Crippen molar-refractivity contribution in [3.8, 4) is 5.75 Å². The fraction of sp³-hybridized carbons (Fsp3) is 0.538. The summed E-state index contributed by atoms with van der Waals surface area (Å²) >= 11 is 0. The van der Waals surface area contributed by atoms with Gasteiger partial charge < -0.3 is 9.47 Å². The largest absolute Gasteiger partial charge is 0.491 e. The highest BCUT2D eigenvalue weighted by Crippen LogP contribution is 2.19. The van der Waals surface area contributed by atoms with Gasteiger partial charge in [0.05, 0.1) is 6.61 Å². The highest BCUT2D eigenvalue weighted by Gasteiger charge is 2.00. The first-order valence-corrected chi connectivity index (χ1v) is 5.54. The average molecular weight is 208 g/mol. The lowest BCUT2D eigenvalue weighted by molar-refractivity contribution is 0.110. The molecule has 0 aromatic heterocycles. The zero-order valence-corrected chi connectivity index (χ0v) is 9.82. The maximum Gasteiger partial charge on any atom is 0.119 e. The molecule has 84 valence electrons. The van der Waals surface area contributed by atoms with Crippen LogP contribution in [0, 0.1) is 0 Å². The molecule has 1 aromatic rings. The molecule has 2 nitrogen and oxygen atoms in total. The number of hydrogen-bond donors (Lipinski definition) is 0. The van der Waals surface area contributed by atoms with Crippen LogP contribution in [0.1, 0.15) is 32.3 Å². The van der Waals surface area contributed by atoms with Crippen LogP contribution < -0.4 is 4.74 Å². The maximum atomic E-state index is 5.57. The van der Waals surface area contributed by atoms with Gasteiger partial charge in [-0.3, -0.25) is 0 Å². The van der Waals surface area contributed by atoms with Crippen molar-refractivity contribution in [2.24, 2.45) is 0 Å². The van der Waals surface area contributed by atoms with E-state index in [0.29, 0.717) is 19.1 Å². The van der Waals surface area contributed by atoms with E-state index < -0.39 is 0 Å². The third-order valence-corrected chi connectivity index (χ3v) is 2.23. The SMILES string of the molecule is CCOCCOc1cccc(C(C)C)c1. The Morgan fingerprint density at radius 3 is 2.67 bits per heavy atom. The van der Waals surface area contributed by atoms with Crippen LogP contribution in [0.5, 0.6) is 5.75 Å². The number of rotatable bonds is 6. The van der Waals surface area contributed by atoms with Crippen molar-refractivity contribution in [1.82, 2.24) is 0 Å². The number of benzene rings is 1. The molecule has 0 bridgehead atoms. The van der Waals surface area contributed by atoms with E-state index in [1.807, 2.05) is 19.1 Å². The van der Waals surface area contributed by atoms with Gasteiger partial charge in [0, 0.05) is 6.61 Å². The molecule has 0 saturated heterocycles. The lowest BCUT2D eigenvalue weighted by Crippen LogP contribution is -2.06. The molecule has 0 aliphatic carbocycles. The third kappa shape index (κ3) is 4.34. The van der Waals surface area contributed by atoms with E-state index in [1.54, 1.807) is 0 Å². The summed E-state index contributed by atoms with van der Waals surface area (Å²) in [7, 11) is 0. The summed E-state index contributed by atoms with van der Waals surface area (Å²) < 4.78 is 10.8. The molecule has 1 aromatic carbocycles. The van der Waals surface area contributed by atoms with Crippen molar-refractivity contribution in [3.63, 3.8) is 0 Å². The molecule has 0 fully saturated rings. The Bertz CT molecular complexity index is 282. The second kappa shape index (κ2) is 6.46. The smallest absolute Gasteiger partial charge is 0.119 e. The van der Waals surface area contributed by atoms with Gasteiger partial charge in [-0.2, -0.15) is 0 Å². The Morgan fingerprint density at radius 2 is 2.00 bits per heavy atom. The van der Waals surface area contributed by atoms with Crippen LogP contribution in [-0.2, 0) is 4.74 Å². The normalized spacial score (nSPS) is 10.7. The monoisotopic (exact) mass is 208 g/mol. The van der Waals surface area contributed by atoms with Gasteiger partial charge in [-0.1, -0.05) is 26.0 Å². The molecule has 0 aliphatic rings. The molecule has 0 heterocycles. The molecule has 0 N–H and O–H groups in total. The predicted octanol–water partition coefficient (Wildman–Crippen LogP) is 3.23. The highest BCUT2D eigenvalue weighted by atomic mass is 16.5. The second-order valence-corrected chi connectivity index (χ2v) is 3.77. The molecule has 0 radical (unpaired) electrons. The molecule has 0 spiro atoms. The predicted molar refractivity (Wildman–Crippen MR) is 62.5 cm³/mol. The summed E-state index contributed by atoms with van der Waals surface area (Å²) in [5.41, 5.74) is 1.31. The van der Waals surface area contributed by atoms with Gasteiger partial charge in [0.25, 0.3) is 0 Å². The van der Waals surface area contributed by atoms with Gasteiger partial charge in [-0.05, 0) is 30.5 Å². The number of ether oxygens (including phenoxy) is 2. The summed E-state index contributed by atoms with van der Waals surface area (Å²) in [6.45, 7) is 8.37. The van der Waals surface area contributed by atoms with Crippen molar-refractivity contribution >= 4 is 0 Å². The summed E-state index contributed by atoms with van der Waals surface area (Å²) in [6.07, 6.45) is 0. The number of hydrogen-bond acceptors (Lipinski definition) is 2. The molecule has 2 heteroatoms. The van der Waals surface area contributed by atoms with Gasteiger partial charge in [-0.15, -0.1) is 0 Å². The van der Waals surface area contributed by atoms with Crippen LogP contribution in [0.3, 0.4) is 0 Å². The van der Waals surface area contributed by atoms with Crippen LogP contribution in [0.2, 0.25) is 0 Å². The molecular weight excluding hydrogens is 188 g/mol. The summed E-state index contributed by atoms with van der Waals surface area (Å²) in [5.74, 6) is 1.47. The first-order chi connectivity index (χ1) is 7.24. The Balaban J connectivity index is 2.43. The molecule has 1 rings (SSSR count). The van der Waals surface area contributed by atoms with Crippen LogP contribution in [-0.4, -0.2) is 19.8 Å². The van der Waals surface area contributed by atoms with E-state index in [0.717, 1.165) is 12.4 Å². The maximum absolute atomic E-state index is 5.57. The minimum absolute atomic E-state index is 0.542. The second-order valence-electron chi connectivity index (χ2n) is 3.77. The highest BCUT2D eigenvalue weighted by molar-refractivity contribution is 5.30. The van der Waals surface area contributed by atoms with Gasteiger partial charge in [0.15, 0.2) is 0 Å². The van der Waals surface area contributed by atoms with Crippen molar-refractivity contribution < 1.29 is 9.47 Å². The van der Waals surface area contributed by atoms with Gasteiger partial charge >= 0.3 is 0 Å². The van der Waals surface area contributed by atoms with E-state index >= 15 is 0 Å².